The van der Waals surface area contributed by atoms with E-state index in [0.717, 1.165) is 0 Å². The van der Waals surface area contributed by atoms with Crippen LogP contribution in [0.5, 0.6) is 0 Å². The Morgan fingerprint density at radius 2 is 1.89 bits per heavy atom. The molecular weight excluding hydrogens is 416 g/mol. The van der Waals surface area contributed by atoms with E-state index in [1.807, 2.05) is 0 Å². The first-order chi connectivity index (χ1) is 13.3. The highest BCUT2D eigenvalue weighted by Crippen LogP contribution is 2.39. The van der Waals surface area contributed by atoms with Crippen LogP contribution in [0.1, 0.15) is 11.4 Å². The second kappa shape index (κ2) is 6.72. The molecule has 0 saturated carbocycles. The molecule has 5 nitrogen and oxygen atoms in total. The normalized spacial score (nSPS) is 12.0. The monoisotopic (exact) mass is 426 g/mol. The molecule has 2 aromatic carbocycles. The Kier molecular flexibility index (Phi) is 4.47. The lowest BCUT2D eigenvalue weighted by molar-refractivity contribution is -0.135. The summed E-state index contributed by atoms with van der Waals surface area (Å²) in [6.45, 7) is 0.104. The molecule has 0 amide bonds. The molecule has 0 fully saturated rings. The van der Waals surface area contributed by atoms with Crippen LogP contribution in [0.3, 0.4) is 0 Å². The first-order valence-corrected chi connectivity index (χ1v) is 8.73. The number of hydrogen-bond donors (Lipinski definition) is 1. The zero-order valence-corrected chi connectivity index (χ0v) is 15.5. The zero-order valence-electron chi connectivity index (χ0n) is 14.0. The maximum absolute atomic E-state index is 13.3. The van der Waals surface area contributed by atoms with Crippen molar-refractivity contribution < 1.29 is 17.7 Å². The summed E-state index contributed by atoms with van der Waals surface area (Å²) in [6.07, 6.45) is -3.04. The van der Waals surface area contributed by atoms with Crippen LogP contribution in [0.15, 0.2) is 47.1 Å². The van der Waals surface area contributed by atoms with Crippen LogP contribution >= 0.6 is 23.2 Å². The van der Waals surface area contributed by atoms with Gasteiger partial charge in [0, 0.05) is 22.8 Å². The van der Waals surface area contributed by atoms with Crippen LogP contribution < -0.4 is 5.73 Å². The highest BCUT2D eigenvalue weighted by atomic mass is 35.5. The maximum atomic E-state index is 13.3. The van der Waals surface area contributed by atoms with Crippen molar-refractivity contribution in [2.24, 2.45) is 0 Å². The van der Waals surface area contributed by atoms with Crippen molar-refractivity contribution >= 4 is 39.8 Å². The number of rotatable bonds is 3. The number of nitrogen functional groups attached to an aromatic ring is 1. The van der Waals surface area contributed by atoms with Gasteiger partial charge in [0.1, 0.15) is 0 Å². The first kappa shape index (κ1) is 18.6. The summed E-state index contributed by atoms with van der Waals surface area (Å²) in [5.74, 6) is 0.438. The van der Waals surface area contributed by atoms with Crippen molar-refractivity contribution in [3.8, 4) is 11.5 Å². The standard InChI is InChI=1S/C18H11Cl2F3N4O/c19-11-3-1-2-10(16(11)20)17-25-14(26-28-17)8-27-7-6-9-13(27)5-4-12(24)15(9)18(21,22)23/h1-7H,8,24H2. The van der Waals surface area contributed by atoms with Crippen molar-refractivity contribution in [1.29, 1.82) is 0 Å². The SMILES string of the molecule is Nc1ccc2c(ccn2Cc2noc(-c3cccc(Cl)c3Cl)n2)c1C(F)(F)F. The summed E-state index contributed by atoms with van der Waals surface area (Å²) in [4.78, 5) is 4.26. The Hall–Kier alpha value is -2.71. The molecule has 0 aliphatic carbocycles. The highest BCUT2D eigenvalue weighted by Gasteiger charge is 2.35. The van der Waals surface area contributed by atoms with Gasteiger partial charge < -0.3 is 14.8 Å². The quantitative estimate of drug-likeness (QED) is 0.429. The van der Waals surface area contributed by atoms with Gasteiger partial charge in [0.05, 0.1) is 27.7 Å². The lowest BCUT2D eigenvalue weighted by atomic mass is 10.1. The third-order valence-corrected chi connectivity index (χ3v) is 5.05. The fourth-order valence-electron chi connectivity index (χ4n) is 2.99. The molecule has 0 bridgehead atoms. The lowest BCUT2D eigenvalue weighted by Gasteiger charge is -2.12. The topological polar surface area (TPSA) is 69.9 Å². The summed E-state index contributed by atoms with van der Waals surface area (Å²) < 4.78 is 46.8. The van der Waals surface area contributed by atoms with Crippen molar-refractivity contribution in [2.75, 3.05) is 5.73 Å². The van der Waals surface area contributed by atoms with Crippen molar-refractivity contribution in [1.82, 2.24) is 14.7 Å². The Morgan fingerprint density at radius 3 is 2.64 bits per heavy atom. The highest BCUT2D eigenvalue weighted by molar-refractivity contribution is 6.43. The van der Waals surface area contributed by atoms with Gasteiger partial charge in [-0.25, -0.2) is 0 Å². The first-order valence-electron chi connectivity index (χ1n) is 7.97. The number of hydrogen-bond acceptors (Lipinski definition) is 4. The van der Waals surface area contributed by atoms with E-state index in [0.29, 0.717) is 16.1 Å². The van der Waals surface area contributed by atoms with Crippen molar-refractivity contribution in [3.05, 3.63) is 64.0 Å². The minimum absolute atomic E-state index is 0.00843. The second-order valence-corrected chi connectivity index (χ2v) is 6.81. The van der Waals surface area contributed by atoms with Gasteiger partial charge in [-0.2, -0.15) is 18.2 Å². The van der Waals surface area contributed by atoms with E-state index >= 15 is 0 Å². The van der Waals surface area contributed by atoms with Crippen molar-refractivity contribution in [2.45, 2.75) is 12.7 Å². The molecule has 0 radical (unpaired) electrons. The van der Waals surface area contributed by atoms with Crippen LogP contribution in [0.25, 0.3) is 22.4 Å². The number of alkyl halides is 3. The van der Waals surface area contributed by atoms with Gasteiger partial charge in [-0.15, -0.1) is 0 Å². The third kappa shape index (κ3) is 3.18. The molecule has 4 aromatic rings. The summed E-state index contributed by atoms with van der Waals surface area (Å²) in [6, 6.07) is 9.11. The van der Waals surface area contributed by atoms with Crippen molar-refractivity contribution in [3.63, 3.8) is 0 Å². The average molecular weight is 427 g/mol. The molecule has 10 heteroatoms. The predicted molar refractivity (Wildman–Crippen MR) is 100 cm³/mol. The summed E-state index contributed by atoms with van der Waals surface area (Å²) >= 11 is 12.1. The number of aromatic nitrogens is 3. The van der Waals surface area contributed by atoms with Crippen LogP contribution in [0.2, 0.25) is 10.0 Å². The van der Waals surface area contributed by atoms with Crippen LogP contribution in [-0.2, 0) is 12.7 Å². The van der Waals surface area contributed by atoms with E-state index in [9.17, 15) is 13.2 Å². The molecular formula is C18H11Cl2F3N4O. The molecule has 28 heavy (non-hydrogen) atoms. The lowest BCUT2D eigenvalue weighted by Crippen LogP contribution is -2.09. The van der Waals surface area contributed by atoms with Crippen LogP contribution in [0, 0.1) is 0 Å². The Morgan fingerprint density at radius 1 is 1.11 bits per heavy atom. The minimum atomic E-state index is -4.56. The molecule has 144 valence electrons. The van der Waals surface area contributed by atoms with Gasteiger partial charge in [0.15, 0.2) is 5.82 Å². The third-order valence-electron chi connectivity index (χ3n) is 4.23. The Bertz CT molecular complexity index is 1180. The summed E-state index contributed by atoms with van der Waals surface area (Å²) in [5, 5.41) is 4.50. The van der Waals surface area contributed by atoms with E-state index in [1.165, 1.54) is 24.4 Å². The number of nitrogens with two attached hydrogens (primary N) is 1. The van der Waals surface area contributed by atoms with Gasteiger partial charge in [0.25, 0.3) is 5.89 Å². The smallest absolute Gasteiger partial charge is 0.398 e. The molecule has 0 spiro atoms. The van der Waals surface area contributed by atoms with E-state index in [1.54, 1.807) is 22.8 Å². The number of fused-ring (bicyclic) bond motifs is 1. The molecule has 2 N–H and O–H groups in total. The molecule has 2 aromatic heterocycles. The molecule has 0 atom stereocenters. The van der Waals surface area contributed by atoms with Gasteiger partial charge in [-0.05, 0) is 30.3 Å². The fraction of sp³-hybridized carbons (Fsp3) is 0.111. The average Bonchev–Trinajstić information content (AvgIpc) is 3.24. The molecule has 0 unspecified atom stereocenters. The van der Waals surface area contributed by atoms with E-state index < -0.39 is 11.7 Å². The number of nitrogens with zero attached hydrogens (tertiary/aromatic N) is 3. The molecule has 0 aliphatic heterocycles. The number of benzene rings is 2. The van der Waals surface area contributed by atoms with E-state index in [4.69, 9.17) is 33.5 Å². The van der Waals surface area contributed by atoms with E-state index in [2.05, 4.69) is 10.1 Å². The van der Waals surface area contributed by atoms with E-state index in [-0.39, 0.29) is 34.4 Å². The molecule has 0 aliphatic rings. The summed E-state index contributed by atoms with van der Waals surface area (Å²) in [5.41, 5.74) is 5.18. The minimum Gasteiger partial charge on any atom is -0.398 e. The number of anilines is 1. The molecule has 4 rings (SSSR count). The van der Waals surface area contributed by atoms with Gasteiger partial charge in [-0.3, -0.25) is 0 Å². The van der Waals surface area contributed by atoms with Crippen LogP contribution in [0.4, 0.5) is 18.9 Å². The maximum Gasteiger partial charge on any atom is 0.419 e. The van der Waals surface area contributed by atoms with Crippen LogP contribution in [-0.4, -0.2) is 14.7 Å². The summed E-state index contributed by atoms with van der Waals surface area (Å²) in [7, 11) is 0. The van der Waals surface area contributed by atoms with Gasteiger partial charge in [0.2, 0.25) is 0 Å². The number of halogens is 5. The second-order valence-electron chi connectivity index (χ2n) is 6.02. The van der Waals surface area contributed by atoms with Gasteiger partial charge in [-0.1, -0.05) is 34.4 Å². The Balaban J connectivity index is 1.70. The zero-order chi connectivity index (χ0) is 20.1. The fourth-order valence-corrected chi connectivity index (χ4v) is 3.37. The molecule has 0 saturated heterocycles. The van der Waals surface area contributed by atoms with Gasteiger partial charge >= 0.3 is 6.18 Å². The predicted octanol–water partition coefficient (Wildman–Crippen LogP) is 5.65. The largest absolute Gasteiger partial charge is 0.419 e. The Labute approximate surface area is 166 Å². The molecule has 2 heterocycles.